The molecule has 0 aromatic rings. The molecule has 0 spiro atoms. The third-order valence-electron chi connectivity index (χ3n) is 3.20. The Balaban J connectivity index is 2.26. The molecule has 0 unspecified atom stereocenters. The minimum Gasteiger partial charge on any atom is -0.396 e. The maximum Gasteiger partial charge on any atom is 0.0785 e. The quantitative estimate of drug-likeness (QED) is 0.676. The summed E-state index contributed by atoms with van der Waals surface area (Å²) in [6.45, 7) is 9.05. The van der Waals surface area contributed by atoms with E-state index in [0.29, 0.717) is 5.92 Å². The Hall–Kier alpha value is 0.177. The van der Waals surface area contributed by atoms with Crippen LogP contribution in [0.25, 0.3) is 0 Å². The summed E-state index contributed by atoms with van der Waals surface area (Å²) in [5, 5.41) is 10.1. The number of unbranched alkanes of at least 4 members (excludes halogenated alkanes) is 1. The van der Waals surface area contributed by atoms with E-state index >= 15 is 0 Å². The van der Waals surface area contributed by atoms with Crippen molar-refractivity contribution in [3.8, 4) is 0 Å². The molecule has 1 fully saturated rings. The van der Waals surface area contributed by atoms with E-state index in [1.165, 1.54) is 25.7 Å². The molecule has 1 N–H and O–H groups in total. The first-order valence-electron chi connectivity index (χ1n) is 5.65. The highest BCUT2D eigenvalue weighted by molar-refractivity contribution is 6.77. The predicted octanol–water partition coefficient (Wildman–Crippen LogP) is 3.05. The number of hydrogen-bond donors (Lipinski definition) is 1. The summed E-state index contributed by atoms with van der Waals surface area (Å²) in [5.41, 5.74) is 0.0503. The predicted molar refractivity (Wildman–Crippen MR) is 60.5 cm³/mol. The van der Waals surface area contributed by atoms with Gasteiger partial charge in [-0.25, -0.2) is 0 Å². The zero-order chi connectivity index (χ0) is 10.1. The maximum absolute atomic E-state index is 10.1. The molecular formula is C11H24OSi. The van der Waals surface area contributed by atoms with Crippen LogP contribution >= 0.6 is 0 Å². The van der Waals surface area contributed by atoms with Crippen LogP contribution in [0.4, 0.5) is 0 Å². The first-order chi connectivity index (χ1) is 5.96. The van der Waals surface area contributed by atoms with E-state index in [1.807, 2.05) is 0 Å². The van der Waals surface area contributed by atoms with Crippen molar-refractivity contribution >= 4 is 8.07 Å². The lowest BCUT2D eigenvalue weighted by Gasteiger charge is -2.24. The lowest BCUT2D eigenvalue weighted by atomic mass is 10.1. The molecule has 1 aliphatic carbocycles. The van der Waals surface area contributed by atoms with E-state index < -0.39 is 8.07 Å². The molecule has 0 aromatic carbocycles. The van der Waals surface area contributed by atoms with E-state index in [9.17, 15) is 5.11 Å². The fourth-order valence-electron chi connectivity index (χ4n) is 2.10. The van der Waals surface area contributed by atoms with Crippen molar-refractivity contribution in [1.29, 1.82) is 0 Å². The van der Waals surface area contributed by atoms with Crippen molar-refractivity contribution < 1.29 is 5.11 Å². The van der Waals surface area contributed by atoms with Gasteiger partial charge in [-0.05, 0) is 18.3 Å². The van der Waals surface area contributed by atoms with Crippen molar-refractivity contribution in [1.82, 2.24) is 0 Å². The van der Waals surface area contributed by atoms with Gasteiger partial charge in [0.05, 0.1) is 8.07 Å². The Labute approximate surface area is 83.6 Å². The molecule has 13 heavy (non-hydrogen) atoms. The largest absolute Gasteiger partial charge is 0.396 e. The van der Waals surface area contributed by atoms with Crippen molar-refractivity contribution in [3.05, 3.63) is 0 Å². The van der Waals surface area contributed by atoms with Crippen molar-refractivity contribution in [2.24, 2.45) is 11.8 Å². The number of aliphatic hydroxyl groups excluding tert-OH is 1. The van der Waals surface area contributed by atoms with Crippen LogP contribution in [0.1, 0.15) is 32.6 Å². The maximum atomic E-state index is 10.1. The normalized spacial score (nSPS) is 30.2. The second-order valence-corrected chi connectivity index (χ2v) is 10.9. The van der Waals surface area contributed by atoms with Crippen molar-refractivity contribution in [2.45, 2.75) is 58.0 Å². The van der Waals surface area contributed by atoms with E-state index in [1.54, 1.807) is 0 Å². The Morgan fingerprint density at radius 3 is 2.46 bits per heavy atom. The molecule has 1 rings (SSSR count). The first-order valence-corrected chi connectivity index (χ1v) is 9.22. The molecule has 0 bridgehead atoms. The van der Waals surface area contributed by atoms with Crippen LogP contribution in [0.2, 0.25) is 19.6 Å². The summed E-state index contributed by atoms with van der Waals surface area (Å²) in [6.07, 6.45) is 5.29. The molecule has 0 amide bonds. The molecular weight excluding hydrogens is 176 g/mol. The van der Waals surface area contributed by atoms with Crippen LogP contribution in [0.15, 0.2) is 0 Å². The monoisotopic (exact) mass is 200 g/mol. The van der Waals surface area contributed by atoms with Crippen LogP contribution in [0.3, 0.4) is 0 Å². The average molecular weight is 200 g/mol. The number of aliphatic hydroxyl groups is 1. The van der Waals surface area contributed by atoms with Gasteiger partial charge in [0, 0.05) is 5.73 Å². The Morgan fingerprint density at radius 1 is 1.38 bits per heavy atom. The average Bonchev–Trinajstić information content (AvgIpc) is 2.76. The molecule has 0 saturated heterocycles. The molecule has 0 heterocycles. The molecule has 0 aromatic heterocycles. The summed E-state index contributed by atoms with van der Waals surface area (Å²) < 4.78 is 0. The topological polar surface area (TPSA) is 20.2 Å². The summed E-state index contributed by atoms with van der Waals surface area (Å²) in [5.74, 6) is 1.53. The van der Waals surface area contributed by atoms with Gasteiger partial charge in [-0.3, -0.25) is 0 Å². The molecule has 78 valence electrons. The van der Waals surface area contributed by atoms with Crippen LogP contribution in [-0.2, 0) is 0 Å². The molecule has 1 nitrogen and oxygen atoms in total. The van der Waals surface area contributed by atoms with Gasteiger partial charge < -0.3 is 5.11 Å². The fraction of sp³-hybridized carbons (Fsp3) is 1.00. The zero-order valence-electron chi connectivity index (χ0n) is 9.51. The van der Waals surface area contributed by atoms with E-state index in [0.717, 1.165) is 5.92 Å². The third-order valence-corrected chi connectivity index (χ3v) is 5.40. The van der Waals surface area contributed by atoms with Gasteiger partial charge in [-0.2, -0.15) is 0 Å². The highest BCUT2D eigenvalue weighted by Crippen LogP contribution is 2.46. The van der Waals surface area contributed by atoms with Crippen molar-refractivity contribution in [3.63, 3.8) is 0 Å². The minimum atomic E-state index is -1.29. The molecule has 3 atom stereocenters. The van der Waals surface area contributed by atoms with Crippen molar-refractivity contribution in [2.75, 3.05) is 0 Å². The second kappa shape index (κ2) is 4.14. The summed E-state index contributed by atoms with van der Waals surface area (Å²) >= 11 is 0. The van der Waals surface area contributed by atoms with Gasteiger partial charge in [0.25, 0.3) is 0 Å². The Morgan fingerprint density at radius 2 is 2.00 bits per heavy atom. The van der Waals surface area contributed by atoms with E-state index in [4.69, 9.17) is 0 Å². The molecule has 0 aliphatic heterocycles. The highest BCUT2D eigenvalue weighted by atomic mass is 28.3. The smallest absolute Gasteiger partial charge is 0.0785 e. The SMILES string of the molecule is CCCC[C@H]1C[C@@H]1[C@@H](O)[Si](C)(C)C. The summed E-state index contributed by atoms with van der Waals surface area (Å²) in [6, 6.07) is 0. The first kappa shape index (κ1) is 11.3. The van der Waals surface area contributed by atoms with Crippen LogP contribution < -0.4 is 0 Å². The molecule has 0 radical (unpaired) electrons. The number of rotatable bonds is 5. The van der Waals surface area contributed by atoms with Gasteiger partial charge in [-0.15, -0.1) is 0 Å². The summed E-state index contributed by atoms with van der Waals surface area (Å²) in [7, 11) is -1.29. The Kier molecular flexibility index (Phi) is 3.58. The van der Waals surface area contributed by atoms with Gasteiger partial charge in [0.15, 0.2) is 0 Å². The summed E-state index contributed by atoms with van der Waals surface area (Å²) in [4.78, 5) is 0. The third kappa shape index (κ3) is 3.10. The Bertz CT molecular complexity index is 162. The van der Waals surface area contributed by atoms with Crippen LogP contribution in [-0.4, -0.2) is 18.9 Å². The zero-order valence-corrected chi connectivity index (χ0v) is 10.5. The number of hydrogen-bond acceptors (Lipinski definition) is 1. The minimum absolute atomic E-state index is 0.0503. The van der Waals surface area contributed by atoms with Gasteiger partial charge >= 0.3 is 0 Å². The highest BCUT2D eigenvalue weighted by Gasteiger charge is 2.46. The van der Waals surface area contributed by atoms with Gasteiger partial charge in [0.2, 0.25) is 0 Å². The van der Waals surface area contributed by atoms with E-state index in [-0.39, 0.29) is 5.73 Å². The lowest BCUT2D eigenvalue weighted by Crippen LogP contribution is -2.40. The molecule has 1 saturated carbocycles. The van der Waals surface area contributed by atoms with Crippen LogP contribution in [0, 0.1) is 11.8 Å². The fourth-order valence-corrected chi connectivity index (χ4v) is 3.79. The molecule has 2 heteroatoms. The standard InChI is InChI=1S/C11H24OSi/c1-5-6-7-9-8-10(9)11(12)13(2,3)4/h9-12H,5-8H2,1-4H3/t9-,10-,11-/m0/s1. The van der Waals surface area contributed by atoms with Gasteiger partial charge in [-0.1, -0.05) is 45.8 Å². The molecule has 1 aliphatic rings. The second-order valence-electron chi connectivity index (χ2n) is 5.61. The van der Waals surface area contributed by atoms with E-state index in [2.05, 4.69) is 26.6 Å². The van der Waals surface area contributed by atoms with Gasteiger partial charge in [0.1, 0.15) is 0 Å². The lowest BCUT2D eigenvalue weighted by molar-refractivity contribution is 0.212. The van der Waals surface area contributed by atoms with Crippen LogP contribution in [0.5, 0.6) is 0 Å².